The summed E-state index contributed by atoms with van der Waals surface area (Å²) in [7, 11) is 0. The number of halogens is 2. The SMILES string of the molecule is CC(C)(C)OC(=O)CCc1ccc(Br)cc1Br. The van der Waals surface area contributed by atoms with Gasteiger partial charge in [0, 0.05) is 15.4 Å². The number of carbonyl (C=O) groups is 1. The molecular formula is C13H16Br2O2. The predicted octanol–water partition coefficient (Wildman–Crippen LogP) is 4.49. The Balaban J connectivity index is 2.53. The molecule has 0 aliphatic heterocycles. The van der Waals surface area contributed by atoms with Crippen LogP contribution in [0.3, 0.4) is 0 Å². The molecule has 94 valence electrons. The standard InChI is InChI=1S/C13H16Br2O2/c1-13(2,3)17-12(16)7-5-9-4-6-10(14)8-11(9)15/h4,6,8H,5,7H2,1-3H3. The van der Waals surface area contributed by atoms with Crippen LogP contribution in [0.1, 0.15) is 32.8 Å². The van der Waals surface area contributed by atoms with E-state index in [4.69, 9.17) is 4.74 Å². The van der Waals surface area contributed by atoms with Crippen molar-refractivity contribution in [3.8, 4) is 0 Å². The first-order chi connectivity index (χ1) is 7.78. The van der Waals surface area contributed by atoms with E-state index in [1.54, 1.807) is 0 Å². The number of carbonyl (C=O) groups excluding carboxylic acids is 1. The summed E-state index contributed by atoms with van der Waals surface area (Å²) in [6.07, 6.45) is 1.08. The Hall–Kier alpha value is -0.350. The smallest absolute Gasteiger partial charge is 0.306 e. The third kappa shape index (κ3) is 5.68. The summed E-state index contributed by atoms with van der Waals surface area (Å²) >= 11 is 6.87. The summed E-state index contributed by atoms with van der Waals surface area (Å²) < 4.78 is 7.29. The van der Waals surface area contributed by atoms with Gasteiger partial charge in [-0.1, -0.05) is 37.9 Å². The molecule has 0 saturated heterocycles. The molecule has 0 aromatic heterocycles. The van der Waals surface area contributed by atoms with E-state index in [0.29, 0.717) is 12.8 Å². The normalized spacial score (nSPS) is 11.4. The Labute approximate surface area is 119 Å². The van der Waals surface area contributed by atoms with E-state index < -0.39 is 5.60 Å². The van der Waals surface area contributed by atoms with Crippen molar-refractivity contribution in [2.24, 2.45) is 0 Å². The van der Waals surface area contributed by atoms with Crippen molar-refractivity contribution in [2.75, 3.05) is 0 Å². The number of benzene rings is 1. The number of rotatable bonds is 3. The van der Waals surface area contributed by atoms with Crippen molar-refractivity contribution < 1.29 is 9.53 Å². The van der Waals surface area contributed by atoms with Crippen LogP contribution in [0.2, 0.25) is 0 Å². The largest absolute Gasteiger partial charge is 0.460 e. The van der Waals surface area contributed by atoms with E-state index in [0.717, 1.165) is 14.5 Å². The van der Waals surface area contributed by atoms with Crippen LogP contribution in [0.25, 0.3) is 0 Å². The van der Waals surface area contributed by atoms with Crippen molar-refractivity contribution in [2.45, 2.75) is 39.2 Å². The van der Waals surface area contributed by atoms with Gasteiger partial charge in [-0.2, -0.15) is 0 Å². The van der Waals surface area contributed by atoms with E-state index in [2.05, 4.69) is 31.9 Å². The van der Waals surface area contributed by atoms with Gasteiger partial charge in [0.15, 0.2) is 0 Å². The second-order valence-electron chi connectivity index (χ2n) is 4.82. The lowest BCUT2D eigenvalue weighted by Gasteiger charge is -2.19. The first-order valence-electron chi connectivity index (χ1n) is 5.44. The maximum Gasteiger partial charge on any atom is 0.306 e. The van der Waals surface area contributed by atoms with Crippen LogP contribution >= 0.6 is 31.9 Å². The van der Waals surface area contributed by atoms with Gasteiger partial charge in [0.05, 0.1) is 0 Å². The molecule has 0 atom stereocenters. The van der Waals surface area contributed by atoms with Gasteiger partial charge in [0.1, 0.15) is 5.60 Å². The molecule has 0 fully saturated rings. The highest BCUT2D eigenvalue weighted by atomic mass is 79.9. The van der Waals surface area contributed by atoms with Crippen molar-refractivity contribution >= 4 is 37.8 Å². The minimum absolute atomic E-state index is 0.160. The zero-order valence-corrected chi connectivity index (χ0v) is 13.4. The molecule has 2 nitrogen and oxygen atoms in total. The van der Waals surface area contributed by atoms with Gasteiger partial charge >= 0.3 is 5.97 Å². The predicted molar refractivity (Wildman–Crippen MR) is 76.0 cm³/mol. The lowest BCUT2D eigenvalue weighted by atomic mass is 10.1. The molecule has 0 spiro atoms. The van der Waals surface area contributed by atoms with Crippen molar-refractivity contribution in [1.29, 1.82) is 0 Å². The fourth-order valence-corrected chi connectivity index (χ4v) is 2.60. The second kappa shape index (κ2) is 6.01. The minimum atomic E-state index is -0.409. The fourth-order valence-electron chi connectivity index (χ4n) is 1.35. The number of aryl methyl sites for hydroxylation is 1. The van der Waals surface area contributed by atoms with Gasteiger partial charge in [-0.3, -0.25) is 4.79 Å². The lowest BCUT2D eigenvalue weighted by molar-refractivity contribution is -0.154. The van der Waals surface area contributed by atoms with Crippen molar-refractivity contribution in [3.63, 3.8) is 0 Å². The molecular weight excluding hydrogens is 348 g/mol. The number of hydrogen-bond acceptors (Lipinski definition) is 2. The molecule has 1 aromatic rings. The zero-order chi connectivity index (χ0) is 13.1. The van der Waals surface area contributed by atoms with Gasteiger partial charge in [-0.15, -0.1) is 0 Å². The van der Waals surface area contributed by atoms with Crippen LogP contribution in [0.4, 0.5) is 0 Å². The van der Waals surface area contributed by atoms with Crippen LogP contribution in [0.15, 0.2) is 27.1 Å². The van der Waals surface area contributed by atoms with Crippen LogP contribution in [0, 0.1) is 0 Å². The molecule has 1 rings (SSSR count). The maximum absolute atomic E-state index is 11.6. The molecule has 17 heavy (non-hydrogen) atoms. The Kier molecular flexibility index (Phi) is 5.20. The van der Waals surface area contributed by atoms with E-state index in [1.807, 2.05) is 39.0 Å². The van der Waals surface area contributed by atoms with Crippen LogP contribution in [0.5, 0.6) is 0 Å². The third-order valence-corrected chi connectivity index (χ3v) is 3.27. The molecule has 0 heterocycles. The summed E-state index contributed by atoms with van der Waals surface area (Å²) in [5.74, 6) is -0.160. The average molecular weight is 364 g/mol. The summed E-state index contributed by atoms with van der Waals surface area (Å²) in [6, 6.07) is 5.94. The molecule has 0 aliphatic carbocycles. The molecule has 0 aliphatic rings. The molecule has 0 saturated carbocycles. The highest BCUT2D eigenvalue weighted by Gasteiger charge is 2.16. The van der Waals surface area contributed by atoms with E-state index in [-0.39, 0.29) is 5.97 Å². The highest BCUT2D eigenvalue weighted by molar-refractivity contribution is 9.11. The fraction of sp³-hybridized carbons (Fsp3) is 0.462. The highest BCUT2D eigenvalue weighted by Crippen LogP contribution is 2.23. The minimum Gasteiger partial charge on any atom is -0.460 e. The number of esters is 1. The first kappa shape index (κ1) is 14.7. The monoisotopic (exact) mass is 362 g/mol. The van der Waals surface area contributed by atoms with Crippen molar-refractivity contribution in [3.05, 3.63) is 32.7 Å². The first-order valence-corrected chi connectivity index (χ1v) is 7.02. The summed E-state index contributed by atoms with van der Waals surface area (Å²) in [5, 5.41) is 0. The molecule has 0 unspecified atom stereocenters. The van der Waals surface area contributed by atoms with E-state index >= 15 is 0 Å². The third-order valence-electron chi connectivity index (χ3n) is 2.03. The summed E-state index contributed by atoms with van der Waals surface area (Å²) in [5.41, 5.74) is 0.702. The van der Waals surface area contributed by atoms with E-state index in [9.17, 15) is 4.79 Å². The number of hydrogen-bond donors (Lipinski definition) is 0. The molecule has 0 amide bonds. The summed E-state index contributed by atoms with van der Waals surface area (Å²) in [4.78, 5) is 11.6. The molecule has 4 heteroatoms. The van der Waals surface area contributed by atoms with Gasteiger partial charge in [0.25, 0.3) is 0 Å². The maximum atomic E-state index is 11.6. The van der Waals surface area contributed by atoms with Crippen LogP contribution in [-0.2, 0) is 16.0 Å². The zero-order valence-electron chi connectivity index (χ0n) is 10.2. The molecule has 0 radical (unpaired) electrons. The van der Waals surface area contributed by atoms with Gasteiger partial charge in [-0.25, -0.2) is 0 Å². The lowest BCUT2D eigenvalue weighted by Crippen LogP contribution is -2.24. The Morgan fingerprint density at radius 1 is 1.29 bits per heavy atom. The van der Waals surface area contributed by atoms with Gasteiger partial charge < -0.3 is 4.74 Å². The van der Waals surface area contributed by atoms with Gasteiger partial charge in [0.2, 0.25) is 0 Å². The van der Waals surface area contributed by atoms with Gasteiger partial charge in [-0.05, 0) is 44.9 Å². The van der Waals surface area contributed by atoms with E-state index in [1.165, 1.54) is 0 Å². The Bertz CT molecular complexity index is 408. The van der Waals surface area contributed by atoms with Crippen LogP contribution in [-0.4, -0.2) is 11.6 Å². The molecule has 0 bridgehead atoms. The molecule has 0 N–H and O–H groups in total. The second-order valence-corrected chi connectivity index (χ2v) is 6.59. The van der Waals surface area contributed by atoms with Crippen LogP contribution < -0.4 is 0 Å². The van der Waals surface area contributed by atoms with Crippen molar-refractivity contribution in [1.82, 2.24) is 0 Å². The number of ether oxygens (including phenoxy) is 1. The Morgan fingerprint density at radius 2 is 1.94 bits per heavy atom. The quantitative estimate of drug-likeness (QED) is 0.739. The Morgan fingerprint density at radius 3 is 2.47 bits per heavy atom. The summed E-state index contributed by atoms with van der Waals surface area (Å²) in [6.45, 7) is 5.63. The topological polar surface area (TPSA) is 26.3 Å². The average Bonchev–Trinajstić information content (AvgIpc) is 2.13. The molecule has 1 aromatic carbocycles.